The van der Waals surface area contributed by atoms with Gasteiger partial charge in [-0.3, -0.25) is 9.59 Å². The van der Waals surface area contributed by atoms with Gasteiger partial charge in [-0.2, -0.15) is 0 Å². The van der Waals surface area contributed by atoms with E-state index in [9.17, 15) is 9.59 Å². The Hall–Kier alpha value is -2.88. The quantitative estimate of drug-likeness (QED) is 0.702. The largest absolute Gasteiger partial charge is 0.420 e. The molecule has 4 rings (SSSR count). The molecule has 4 heteroatoms. The number of nitrogens with zero attached hydrogens (tertiary/aromatic N) is 1. The molecular weight excluding hydrogens is 350 g/mol. The summed E-state index contributed by atoms with van der Waals surface area (Å²) in [4.78, 5) is 27.6. The molecule has 0 aromatic heterocycles. The van der Waals surface area contributed by atoms with Crippen molar-refractivity contribution < 1.29 is 14.3 Å². The highest BCUT2D eigenvalue weighted by Gasteiger charge is 2.46. The van der Waals surface area contributed by atoms with Crippen LogP contribution in [0.25, 0.3) is 0 Å². The molecule has 1 amide bonds. The highest BCUT2D eigenvalue weighted by Crippen LogP contribution is 2.44. The van der Waals surface area contributed by atoms with Crippen LogP contribution in [0.15, 0.2) is 72.0 Å². The van der Waals surface area contributed by atoms with Crippen molar-refractivity contribution in [3.05, 3.63) is 83.1 Å². The van der Waals surface area contributed by atoms with Crippen LogP contribution >= 0.6 is 0 Å². The summed E-state index contributed by atoms with van der Waals surface area (Å²) in [5.74, 6) is -0.514. The molecule has 0 radical (unpaired) electrons. The Balaban J connectivity index is 1.66. The number of rotatable bonds is 6. The lowest BCUT2D eigenvalue weighted by atomic mass is 9.76. The van der Waals surface area contributed by atoms with E-state index in [1.54, 1.807) is 4.90 Å². The Labute approximate surface area is 165 Å². The molecule has 0 bridgehead atoms. The lowest BCUT2D eigenvalue weighted by Crippen LogP contribution is -2.31. The van der Waals surface area contributed by atoms with Crippen molar-refractivity contribution in [1.29, 1.82) is 0 Å². The van der Waals surface area contributed by atoms with E-state index in [-0.39, 0.29) is 29.5 Å². The van der Waals surface area contributed by atoms with Crippen molar-refractivity contribution in [1.82, 2.24) is 4.90 Å². The summed E-state index contributed by atoms with van der Waals surface area (Å²) in [6, 6.07) is 20.0. The molecular formula is C24H25NO3. The first-order valence-corrected chi connectivity index (χ1v) is 10.0. The van der Waals surface area contributed by atoms with Crippen molar-refractivity contribution in [2.24, 2.45) is 5.92 Å². The van der Waals surface area contributed by atoms with E-state index in [0.29, 0.717) is 13.1 Å². The number of esters is 1. The third kappa shape index (κ3) is 3.47. The number of amides is 1. The maximum Gasteiger partial charge on any atom is 0.315 e. The van der Waals surface area contributed by atoms with Crippen LogP contribution in [0, 0.1) is 5.92 Å². The van der Waals surface area contributed by atoms with Crippen LogP contribution in [0.1, 0.15) is 43.2 Å². The number of benzene rings is 2. The van der Waals surface area contributed by atoms with Crippen molar-refractivity contribution in [3.63, 3.8) is 0 Å². The second kappa shape index (κ2) is 8.01. The van der Waals surface area contributed by atoms with E-state index < -0.39 is 0 Å². The first-order valence-electron chi connectivity index (χ1n) is 10.0. The van der Waals surface area contributed by atoms with Crippen LogP contribution < -0.4 is 0 Å². The van der Waals surface area contributed by atoms with E-state index in [1.807, 2.05) is 48.5 Å². The summed E-state index contributed by atoms with van der Waals surface area (Å²) in [6.45, 7) is 3.15. The molecule has 0 N–H and O–H groups in total. The molecule has 0 aliphatic carbocycles. The number of hydrogen-bond acceptors (Lipinski definition) is 3. The van der Waals surface area contributed by atoms with Crippen LogP contribution in [0.2, 0.25) is 0 Å². The maximum absolute atomic E-state index is 13.0. The van der Waals surface area contributed by atoms with Gasteiger partial charge in [0.2, 0.25) is 0 Å². The lowest BCUT2D eigenvalue weighted by Gasteiger charge is -2.31. The zero-order valence-electron chi connectivity index (χ0n) is 16.1. The van der Waals surface area contributed by atoms with Crippen LogP contribution in [-0.4, -0.2) is 23.3 Å². The van der Waals surface area contributed by atoms with E-state index in [0.717, 1.165) is 36.0 Å². The minimum Gasteiger partial charge on any atom is -0.420 e. The summed E-state index contributed by atoms with van der Waals surface area (Å²) in [6.07, 6.45) is 2.77. The van der Waals surface area contributed by atoms with Crippen LogP contribution in [0.3, 0.4) is 0 Å². The first-order chi connectivity index (χ1) is 13.7. The van der Waals surface area contributed by atoms with Crippen molar-refractivity contribution >= 4 is 11.9 Å². The van der Waals surface area contributed by atoms with Gasteiger partial charge in [-0.05, 0) is 17.5 Å². The molecule has 2 atom stereocenters. The van der Waals surface area contributed by atoms with Crippen molar-refractivity contribution in [2.45, 2.75) is 38.6 Å². The summed E-state index contributed by atoms with van der Waals surface area (Å²) >= 11 is 0. The molecule has 0 saturated carbocycles. The molecule has 2 aliphatic rings. The molecule has 0 fully saturated rings. The Bertz CT molecular complexity index is 889. The zero-order chi connectivity index (χ0) is 19.5. The van der Waals surface area contributed by atoms with Crippen molar-refractivity contribution in [3.8, 4) is 0 Å². The molecule has 0 spiro atoms. The van der Waals surface area contributed by atoms with Gasteiger partial charge in [0, 0.05) is 24.6 Å². The first kappa shape index (κ1) is 18.5. The number of hydrogen-bond donors (Lipinski definition) is 0. The summed E-state index contributed by atoms with van der Waals surface area (Å²) < 4.78 is 5.60. The molecule has 2 aromatic carbocycles. The molecule has 0 unspecified atom stereocenters. The van der Waals surface area contributed by atoms with Crippen LogP contribution in [-0.2, 0) is 20.9 Å². The third-order valence-corrected chi connectivity index (χ3v) is 5.66. The van der Waals surface area contributed by atoms with Gasteiger partial charge in [0.1, 0.15) is 0 Å². The monoisotopic (exact) mass is 375 g/mol. The van der Waals surface area contributed by atoms with Crippen LogP contribution in [0.5, 0.6) is 0 Å². The van der Waals surface area contributed by atoms with Gasteiger partial charge < -0.3 is 9.64 Å². The maximum atomic E-state index is 13.0. The Kier molecular flexibility index (Phi) is 5.29. The molecule has 0 saturated heterocycles. The number of unbranched alkanes of at least 4 members (excludes halogenated alkanes) is 1. The van der Waals surface area contributed by atoms with Gasteiger partial charge in [0.15, 0.2) is 5.76 Å². The topological polar surface area (TPSA) is 46.6 Å². The SMILES string of the molecule is CCCC[C@H]1C(=O)OC2=C(CN(Cc3ccccc3)C2=O)[C@H]1c1ccccc1. The highest BCUT2D eigenvalue weighted by atomic mass is 16.5. The van der Waals surface area contributed by atoms with Gasteiger partial charge in [-0.25, -0.2) is 0 Å². The molecule has 144 valence electrons. The van der Waals surface area contributed by atoms with Crippen molar-refractivity contribution in [2.75, 3.05) is 6.54 Å². The normalized spacial score (nSPS) is 21.7. The number of ether oxygens (including phenoxy) is 1. The average molecular weight is 375 g/mol. The fraction of sp³-hybridized carbons (Fsp3) is 0.333. The molecule has 2 aromatic rings. The summed E-state index contributed by atoms with van der Waals surface area (Å²) in [5.41, 5.74) is 3.11. The Morgan fingerprint density at radius 2 is 1.68 bits per heavy atom. The number of carbonyl (C=O) groups excluding carboxylic acids is 2. The second-order valence-electron chi connectivity index (χ2n) is 7.56. The smallest absolute Gasteiger partial charge is 0.315 e. The second-order valence-corrected chi connectivity index (χ2v) is 7.56. The van der Waals surface area contributed by atoms with Gasteiger partial charge in [0.25, 0.3) is 5.91 Å². The summed E-state index contributed by atoms with van der Waals surface area (Å²) in [5, 5.41) is 0. The fourth-order valence-electron chi connectivity index (χ4n) is 4.27. The lowest BCUT2D eigenvalue weighted by molar-refractivity contribution is -0.150. The standard InChI is InChI=1S/C24H25NO3/c1-2-3-14-19-21(18-12-8-5-9-13-18)20-16-25(15-17-10-6-4-7-11-17)23(26)22(20)28-24(19)27/h4-13,19,21H,2-3,14-16H2,1H3/t19-,21+/m1/s1. The van der Waals surface area contributed by atoms with E-state index >= 15 is 0 Å². The fourth-order valence-corrected chi connectivity index (χ4v) is 4.27. The molecule has 4 nitrogen and oxygen atoms in total. The predicted molar refractivity (Wildman–Crippen MR) is 107 cm³/mol. The Morgan fingerprint density at radius 3 is 2.36 bits per heavy atom. The molecule has 2 heterocycles. The van der Waals surface area contributed by atoms with E-state index in [2.05, 4.69) is 19.1 Å². The zero-order valence-corrected chi connectivity index (χ0v) is 16.1. The summed E-state index contributed by atoms with van der Waals surface area (Å²) in [7, 11) is 0. The van der Waals surface area contributed by atoms with E-state index in [1.165, 1.54) is 0 Å². The third-order valence-electron chi connectivity index (χ3n) is 5.66. The van der Waals surface area contributed by atoms with Gasteiger partial charge >= 0.3 is 5.97 Å². The molecule has 2 aliphatic heterocycles. The highest BCUT2D eigenvalue weighted by molar-refractivity contribution is 5.99. The van der Waals surface area contributed by atoms with Crippen LogP contribution in [0.4, 0.5) is 0 Å². The molecule has 28 heavy (non-hydrogen) atoms. The van der Waals surface area contributed by atoms with E-state index in [4.69, 9.17) is 4.74 Å². The Morgan fingerprint density at radius 1 is 1.00 bits per heavy atom. The average Bonchev–Trinajstić information content (AvgIpc) is 3.02. The van der Waals surface area contributed by atoms with Gasteiger partial charge in [-0.1, -0.05) is 80.4 Å². The van der Waals surface area contributed by atoms with Gasteiger partial charge in [0.05, 0.1) is 5.92 Å². The minimum absolute atomic E-state index is 0.0891. The number of carbonyl (C=O) groups is 2. The minimum atomic E-state index is -0.268. The predicted octanol–water partition coefficient (Wildman–Crippen LogP) is 4.43. The van der Waals surface area contributed by atoms with Gasteiger partial charge in [-0.15, -0.1) is 0 Å².